The van der Waals surface area contributed by atoms with Crippen molar-refractivity contribution in [1.82, 2.24) is 20.9 Å². The molecule has 1 atom stereocenters. The number of carbonyl (C=O) groups is 4. The molecular weight excluding hydrogens is 372 g/mol. The van der Waals surface area contributed by atoms with E-state index in [4.69, 9.17) is 0 Å². The molecule has 3 aliphatic rings. The predicted molar refractivity (Wildman–Crippen MR) is 105 cm³/mol. The first-order valence-corrected chi connectivity index (χ1v) is 10.2. The van der Waals surface area contributed by atoms with Crippen molar-refractivity contribution in [3.05, 3.63) is 34.9 Å². The highest BCUT2D eigenvalue weighted by molar-refractivity contribution is 6.24. The summed E-state index contributed by atoms with van der Waals surface area (Å²) < 4.78 is 0. The molecule has 1 aromatic rings. The van der Waals surface area contributed by atoms with Gasteiger partial charge in [-0.25, -0.2) is 0 Å². The largest absolute Gasteiger partial charge is 0.317 e. The van der Waals surface area contributed by atoms with Crippen LogP contribution in [0.4, 0.5) is 0 Å². The molecule has 154 valence electrons. The van der Waals surface area contributed by atoms with Crippen molar-refractivity contribution < 1.29 is 19.2 Å². The van der Waals surface area contributed by atoms with Crippen LogP contribution in [-0.4, -0.2) is 53.7 Å². The third-order valence-corrected chi connectivity index (χ3v) is 6.27. The molecule has 1 aliphatic carbocycles. The maximum Gasteiger partial charge on any atom is 0.262 e. The average molecular weight is 398 g/mol. The standard InChI is InChI=1S/C21H26N4O4/c1-22-13-5-7-14(8-6-13)23-11-12-3-2-4-15-18(12)21(29)25(20(15)28)16-9-10-17(26)24-19(16)27/h2-4,13-14,16,22-23H,5-11H2,1H3,(H,24,26,27). The molecule has 2 fully saturated rings. The van der Waals surface area contributed by atoms with Gasteiger partial charge in [0, 0.05) is 25.0 Å². The van der Waals surface area contributed by atoms with E-state index in [1.165, 1.54) is 0 Å². The number of benzene rings is 1. The molecule has 2 aliphatic heterocycles. The molecule has 1 saturated heterocycles. The molecule has 4 amide bonds. The van der Waals surface area contributed by atoms with Gasteiger partial charge in [0.15, 0.2) is 0 Å². The third-order valence-electron chi connectivity index (χ3n) is 6.27. The summed E-state index contributed by atoms with van der Waals surface area (Å²) in [5.74, 6) is -1.87. The molecule has 1 unspecified atom stereocenters. The Morgan fingerprint density at radius 2 is 1.72 bits per heavy atom. The molecule has 0 bridgehead atoms. The molecule has 0 aromatic heterocycles. The van der Waals surface area contributed by atoms with Gasteiger partial charge in [0.05, 0.1) is 11.1 Å². The van der Waals surface area contributed by atoms with Gasteiger partial charge in [-0.15, -0.1) is 0 Å². The lowest BCUT2D eigenvalue weighted by molar-refractivity contribution is -0.136. The minimum absolute atomic E-state index is 0.119. The second-order valence-corrected chi connectivity index (χ2v) is 8.01. The third kappa shape index (κ3) is 3.70. The van der Waals surface area contributed by atoms with Gasteiger partial charge < -0.3 is 10.6 Å². The van der Waals surface area contributed by atoms with Gasteiger partial charge >= 0.3 is 0 Å². The summed E-state index contributed by atoms with van der Waals surface area (Å²) in [5.41, 5.74) is 1.47. The molecule has 4 rings (SSSR count). The SMILES string of the molecule is CNC1CCC(NCc2cccc3c2C(=O)N(C2CCC(=O)NC2=O)C3=O)CC1. The Kier molecular flexibility index (Phi) is 5.47. The van der Waals surface area contributed by atoms with Crippen LogP contribution in [0, 0.1) is 0 Å². The Morgan fingerprint density at radius 1 is 1.00 bits per heavy atom. The molecule has 2 heterocycles. The van der Waals surface area contributed by atoms with E-state index in [0.717, 1.165) is 36.1 Å². The van der Waals surface area contributed by atoms with Gasteiger partial charge in [-0.2, -0.15) is 0 Å². The molecular formula is C21H26N4O4. The first kappa shape index (κ1) is 19.7. The van der Waals surface area contributed by atoms with Crippen LogP contribution in [0.3, 0.4) is 0 Å². The van der Waals surface area contributed by atoms with Crippen molar-refractivity contribution in [2.75, 3.05) is 7.05 Å². The molecule has 1 saturated carbocycles. The summed E-state index contributed by atoms with van der Waals surface area (Å²) >= 11 is 0. The second-order valence-electron chi connectivity index (χ2n) is 8.01. The van der Waals surface area contributed by atoms with Gasteiger partial charge in [-0.05, 0) is 50.8 Å². The highest BCUT2D eigenvalue weighted by atomic mass is 16.2. The predicted octanol–water partition coefficient (Wildman–Crippen LogP) is 0.708. The number of nitrogens with zero attached hydrogens (tertiary/aromatic N) is 1. The topological polar surface area (TPSA) is 108 Å². The van der Waals surface area contributed by atoms with Gasteiger partial charge in [0.2, 0.25) is 11.8 Å². The van der Waals surface area contributed by atoms with Crippen molar-refractivity contribution in [2.24, 2.45) is 0 Å². The van der Waals surface area contributed by atoms with Gasteiger partial charge in [-0.1, -0.05) is 12.1 Å². The van der Waals surface area contributed by atoms with Crippen LogP contribution in [-0.2, 0) is 16.1 Å². The van der Waals surface area contributed by atoms with Gasteiger partial charge in [0.25, 0.3) is 11.8 Å². The summed E-state index contributed by atoms with van der Waals surface area (Å²) in [4.78, 5) is 50.6. The average Bonchev–Trinajstić information content (AvgIpc) is 2.98. The van der Waals surface area contributed by atoms with Gasteiger partial charge in [0.1, 0.15) is 6.04 Å². The fourth-order valence-electron chi connectivity index (χ4n) is 4.57. The van der Waals surface area contributed by atoms with E-state index in [2.05, 4.69) is 16.0 Å². The number of nitrogens with one attached hydrogen (secondary N) is 3. The lowest BCUT2D eigenvalue weighted by atomic mass is 9.91. The Balaban J connectivity index is 1.49. The number of amides is 4. The van der Waals surface area contributed by atoms with E-state index in [1.54, 1.807) is 12.1 Å². The van der Waals surface area contributed by atoms with E-state index in [9.17, 15) is 19.2 Å². The molecule has 8 heteroatoms. The quantitative estimate of drug-likeness (QED) is 0.631. The fourth-order valence-corrected chi connectivity index (χ4v) is 4.57. The van der Waals surface area contributed by atoms with Crippen molar-refractivity contribution in [3.8, 4) is 0 Å². The first-order valence-electron chi connectivity index (χ1n) is 10.2. The normalized spacial score (nSPS) is 27.2. The van der Waals surface area contributed by atoms with Gasteiger partial charge in [-0.3, -0.25) is 29.4 Å². The van der Waals surface area contributed by atoms with E-state index in [-0.39, 0.29) is 18.7 Å². The number of rotatable bonds is 5. The van der Waals surface area contributed by atoms with Crippen molar-refractivity contribution in [1.29, 1.82) is 0 Å². The Morgan fingerprint density at radius 3 is 2.41 bits per heavy atom. The number of hydrogen-bond donors (Lipinski definition) is 3. The van der Waals surface area contributed by atoms with Crippen LogP contribution in [0.1, 0.15) is 64.8 Å². The maximum absolute atomic E-state index is 13.1. The summed E-state index contributed by atoms with van der Waals surface area (Å²) in [6, 6.07) is 5.27. The molecule has 1 aromatic carbocycles. The van der Waals surface area contributed by atoms with Crippen LogP contribution in [0.15, 0.2) is 18.2 Å². The number of fused-ring (bicyclic) bond motifs is 1. The van der Waals surface area contributed by atoms with Crippen LogP contribution in [0.2, 0.25) is 0 Å². The Hall–Kier alpha value is -2.58. The van der Waals surface area contributed by atoms with Crippen molar-refractivity contribution in [2.45, 2.75) is 63.2 Å². The monoisotopic (exact) mass is 398 g/mol. The second kappa shape index (κ2) is 8.04. The number of carbonyl (C=O) groups excluding carboxylic acids is 4. The van der Waals surface area contributed by atoms with E-state index in [0.29, 0.717) is 29.8 Å². The highest BCUT2D eigenvalue weighted by Crippen LogP contribution is 2.30. The molecule has 0 radical (unpaired) electrons. The Bertz CT molecular complexity index is 860. The van der Waals surface area contributed by atoms with Crippen LogP contribution < -0.4 is 16.0 Å². The number of imide groups is 2. The Labute approximate surface area is 169 Å². The number of hydrogen-bond acceptors (Lipinski definition) is 6. The van der Waals surface area contributed by atoms with Crippen LogP contribution in [0.5, 0.6) is 0 Å². The summed E-state index contributed by atoms with van der Waals surface area (Å²) in [5, 5.41) is 9.06. The first-order chi connectivity index (χ1) is 14.0. The molecule has 0 spiro atoms. The maximum atomic E-state index is 13.1. The zero-order valence-corrected chi connectivity index (χ0v) is 16.5. The van der Waals surface area contributed by atoms with E-state index < -0.39 is 23.8 Å². The minimum atomic E-state index is -0.933. The lowest BCUT2D eigenvalue weighted by Crippen LogP contribution is -2.54. The fraction of sp³-hybridized carbons (Fsp3) is 0.524. The van der Waals surface area contributed by atoms with Crippen molar-refractivity contribution >= 4 is 23.6 Å². The van der Waals surface area contributed by atoms with E-state index >= 15 is 0 Å². The smallest absolute Gasteiger partial charge is 0.262 e. The zero-order valence-electron chi connectivity index (χ0n) is 16.5. The lowest BCUT2D eigenvalue weighted by Gasteiger charge is -2.29. The number of piperidine rings is 1. The van der Waals surface area contributed by atoms with Crippen LogP contribution in [0.25, 0.3) is 0 Å². The minimum Gasteiger partial charge on any atom is -0.317 e. The molecule has 8 nitrogen and oxygen atoms in total. The summed E-state index contributed by atoms with van der Waals surface area (Å²) in [7, 11) is 1.99. The molecule has 29 heavy (non-hydrogen) atoms. The zero-order chi connectivity index (χ0) is 20.5. The van der Waals surface area contributed by atoms with E-state index in [1.807, 2.05) is 13.1 Å². The molecule has 3 N–H and O–H groups in total. The van der Waals surface area contributed by atoms with Crippen molar-refractivity contribution in [3.63, 3.8) is 0 Å². The van der Waals surface area contributed by atoms with Crippen LogP contribution >= 0.6 is 0 Å². The summed E-state index contributed by atoms with van der Waals surface area (Å²) in [6.07, 6.45) is 4.64. The summed E-state index contributed by atoms with van der Waals surface area (Å²) in [6.45, 7) is 0.500. The highest BCUT2D eigenvalue weighted by Gasteiger charge is 2.45.